The highest BCUT2D eigenvalue weighted by Crippen LogP contribution is 2.20. The third-order valence-electron chi connectivity index (χ3n) is 4.15. The molecule has 1 unspecified atom stereocenters. The number of benzene rings is 2. The Bertz CT molecular complexity index is 845. The van der Waals surface area contributed by atoms with Crippen molar-refractivity contribution in [2.45, 2.75) is 18.9 Å². The quantitative estimate of drug-likeness (QED) is 0.742. The molecule has 0 bridgehead atoms. The molecule has 26 heavy (non-hydrogen) atoms. The maximum atomic E-state index is 12.5. The van der Waals surface area contributed by atoms with Crippen molar-refractivity contribution >= 4 is 5.91 Å². The monoisotopic (exact) mass is 341 g/mol. The Morgan fingerprint density at radius 2 is 1.73 bits per heavy atom. The van der Waals surface area contributed by atoms with Crippen LogP contribution in [0.4, 0.5) is 0 Å². The minimum Gasteiger partial charge on any atom is -0.344 e. The third kappa shape index (κ3) is 4.55. The highest BCUT2D eigenvalue weighted by molar-refractivity contribution is 5.77. The Kier molecular flexibility index (Phi) is 5.74. The highest BCUT2D eigenvalue weighted by Gasteiger charge is 2.17. The van der Waals surface area contributed by atoms with Gasteiger partial charge in [-0.1, -0.05) is 48.5 Å². The first kappa shape index (κ1) is 17.4. The predicted molar refractivity (Wildman–Crippen MR) is 100 cm³/mol. The molecule has 0 aliphatic rings. The van der Waals surface area contributed by atoms with Gasteiger partial charge in [0.1, 0.15) is 0 Å². The lowest BCUT2D eigenvalue weighted by Gasteiger charge is -2.19. The van der Waals surface area contributed by atoms with Crippen LogP contribution in [-0.2, 0) is 11.2 Å². The zero-order valence-corrected chi connectivity index (χ0v) is 14.3. The average Bonchev–Trinajstić information content (AvgIpc) is 2.72. The first-order valence-electron chi connectivity index (χ1n) is 8.50. The summed E-state index contributed by atoms with van der Waals surface area (Å²) >= 11 is 0. The van der Waals surface area contributed by atoms with Crippen LogP contribution in [0.5, 0.6) is 0 Å². The number of rotatable bonds is 6. The van der Waals surface area contributed by atoms with Gasteiger partial charge in [0.2, 0.25) is 5.91 Å². The van der Waals surface area contributed by atoms with E-state index in [1.807, 2.05) is 60.7 Å². The van der Waals surface area contributed by atoms with Crippen molar-refractivity contribution in [3.8, 4) is 6.07 Å². The summed E-state index contributed by atoms with van der Waals surface area (Å²) in [6, 6.07) is 24.7. The Morgan fingerprint density at radius 3 is 2.38 bits per heavy atom. The van der Waals surface area contributed by atoms with Crippen molar-refractivity contribution in [1.82, 2.24) is 10.3 Å². The fourth-order valence-electron chi connectivity index (χ4n) is 2.76. The lowest BCUT2D eigenvalue weighted by Crippen LogP contribution is -2.30. The van der Waals surface area contributed by atoms with Crippen LogP contribution in [0.3, 0.4) is 0 Å². The van der Waals surface area contributed by atoms with Gasteiger partial charge in [-0.05, 0) is 41.8 Å². The van der Waals surface area contributed by atoms with Gasteiger partial charge < -0.3 is 5.32 Å². The van der Waals surface area contributed by atoms with E-state index >= 15 is 0 Å². The molecule has 0 spiro atoms. The lowest BCUT2D eigenvalue weighted by atomic mass is 10.0. The SMILES string of the molecule is N#Cc1ccc(CCC(=O)NC(c2ccccc2)c2ccccn2)cc1. The number of pyridine rings is 1. The molecule has 0 saturated carbocycles. The van der Waals surface area contributed by atoms with Crippen LogP contribution in [0.2, 0.25) is 0 Å². The summed E-state index contributed by atoms with van der Waals surface area (Å²) in [5.41, 5.74) is 3.47. The van der Waals surface area contributed by atoms with Crippen LogP contribution in [0.25, 0.3) is 0 Å². The van der Waals surface area contributed by atoms with Gasteiger partial charge in [-0.25, -0.2) is 0 Å². The minimum absolute atomic E-state index is 0.0335. The molecule has 3 aromatic rings. The van der Waals surface area contributed by atoms with Crippen molar-refractivity contribution in [3.05, 3.63) is 101 Å². The van der Waals surface area contributed by atoms with Gasteiger partial charge in [-0.15, -0.1) is 0 Å². The topological polar surface area (TPSA) is 65.8 Å². The number of nitriles is 1. The van der Waals surface area contributed by atoms with E-state index in [-0.39, 0.29) is 11.9 Å². The first-order valence-corrected chi connectivity index (χ1v) is 8.50. The van der Waals surface area contributed by atoms with Crippen molar-refractivity contribution in [2.75, 3.05) is 0 Å². The van der Waals surface area contributed by atoms with Crippen LogP contribution >= 0.6 is 0 Å². The molecular weight excluding hydrogens is 322 g/mol. The van der Waals surface area contributed by atoms with Crippen LogP contribution in [-0.4, -0.2) is 10.9 Å². The summed E-state index contributed by atoms with van der Waals surface area (Å²) < 4.78 is 0. The molecule has 1 N–H and O–H groups in total. The molecule has 1 amide bonds. The molecular formula is C22H19N3O. The number of hydrogen-bond donors (Lipinski definition) is 1. The number of aromatic nitrogens is 1. The smallest absolute Gasteiger partial charge is 0.221 e. The summed E-state index contributed by atoms with van der Waals surface area (Å²) in [5, 5.41) is 11.9. The molecule has 0 fully saturated rings. The number of aryl methyl sites for hydroxylation is 1. The number of carbonyl (C=O) groups is 1. The average molecular weight is 341 g/mol. The fourth-order valence-corrected chi connectivity index (χ4v) is 2.76. The highest BCUT2D eigenvalue weighted by atomic mass is 16.1. The van der Waals surface area contributed by atoms with Gasteiger partial charge in [0, 0.05) is 12.6 Å². The van der Waals surface area contributed by atoms with E-state index in [1.54, 1.807) is 18.3 Å². The zero-order chi connectivity index (χ0) is 18.2. The maximum absolute atomic E-state index is 12.5. The van der Waals surface area contributed by atoms with Crippen LogP contribution < -0.4 is 5.32 Å². The van der Waals surface area contributed by atoms with E-state index in [9.17, 15) is 4.79 Å². The molecule has 1 aromatic heterocycles. The van der Waals surface area contributed by atoms with Crippen LogP contribution in [0, 0.1) is 11.3 Å². The van der Waals surface area contributed by atoms with Gasteiger partial charge >= 0.3 is 0 Å². The predicted octanol–water partition coefficient (Wildman–Crippen LogP) is 3.79. The van der Waals surface area contributed by atoms with Crippen molar-refractivity contribution < 1.29 is 4.79 Å². The van der Waals surface area contributed by atoms with E-state index in [1.165, 1.54) is 0 Å². The van der Waals surface area contributed by atoms with Gasteiger partial charge in [0.25, 0.3) is 0 Å². The number of amides is 1. The normalized spacial score (nSPS) is 11.3. The second kappa shape index (κ2) is 8.59. The molecule has 4 nitrogen and oxygen atoms in total. The molecule has 0 saturated heterocycles. The Hall–Kier alpha value is -3.45. The number of carbonyl (C=O) groups excluding carboxylic acids is 1. The van der Waals surface area contributed by atoms with E-state index in [4.69, 9.17) is 5.26 Å². The molecule has 0 aliphatic heterocycles. The minimum atomic E-state index is -0.272. The van der Waals surface area contributed by atoms with Gasteiger partial charge in [-0.2, -0.15) is 5.26 Å². The van der Waals surface area contributed by atoms with E-state index < -0.39 is 0 Å². The number of hydrogen-bond acceptors (Lipinski definition) is 3. The summed E-state index contributed by atoms with van der Waals surface area (Å²) in [4.78, 5) is 16.9. The molecule has 128 valence electrons. The molecule has 1 atom stereocenters. The second-order valence-electron chi connectivity index (χ2n) is 5.97. The maximum Gasteiger partial charge on any atom is 0.221 e. The number of nitrogens with one attached hydrogen (secondary N) is 1. The molecule has 0 aliphatic carbocycles. The Balaban J connectivity index is 1.68. The third-order valence-corrected chi connectivity index (χ3v) is 4.15. The molecule has 2 aromatic carbocycles. The largest absolute Gasteiger partial charge is 0.344 e. The second-order valence-corrected chi connectivity index (χ2v) is 5.97. The van der Waals surface area contributed by atoms with Crippen LogP contribution in [0.15, 0.2) is 79.0 Å². The van der Waals surface area contributed by atoms with Gasteiger partial charge in [-0.3, -0.25) is 9.78 Å². The van der Waals surface area contributed by atoms with Crippen molar-refractivity contribution in [3.63, 3.8) is 0 Å². The molecule has 3 rings (SSSR count). The zero-order valence-electron chi connectivity index (χ0n) is 14.3. The standard InChI is InChI=1S/C22H19N3O/c23-16-18-11-9-17(10-12-18)13-14-21(26)25-22(19-6-2-1-3-7-19)20-8-4-5-15-24-20/h1-12,15,22H,13-14H2,(H,25,26). The summed E-state index contributed by atoms with van der Waals surface area (Å²) in [5.74, 6) is -0.0335. The van der Waals surface area contributed by atoms with Gasteiger partial charge in [0.05, 0.1) is 23.4 Å². The summed E-state index contributed by atoms with van der Waals surface area (Å²) in [7, 11) is 0. The van der Waals surface area contributed by atoms with Crippen molar-refractivity contribution in [2.24, 2.45) is 0 Å². The molecule has 4 heteroatoms. The summed E-state index contributed by atoms with van der Waals surface area (Å²) in [6.07, 6.45) is 2.73. The Morgan fingerprint density at radius 1 is 1.00 bits per heavy atom. The summed E-state index contributed by atoms with van der Waals surface area (Å²) in [6.45, 7) is 0. The van der Waals surface area contributed by atoms with Crippen LogP contribution in [0.1, 0.15) is 34.8 Å². The van der Waals surface area contributed by atoms with Gasteiger partial charge in [0.15, 0.2) is 0 Å². The van der Waals surface area contributed by atoms with E-state index in [2.05, 4.69) is 16.4 Å². The van der Waals surface area contributed by atoms with E-state index in [0.717, 1.165) is 16.8 Å². The fraction of sp³-hybridized carbons (Fsp3) is 0.136. The van der Waals surface area contributed by atoms with E-state index in [0.29, 0.717) is 18.4 Å². The number of nitrogens with zero attached hydrogens (tertiary/aromatic N) is 2. The Labute approximate surface area is 153 Å². The first-order chi connectivity index (χ1) is 12.8. The molecule has 0 radical (unpaired) electrons. The van der Waals surface area contributed by atoms with Crippen molar-refractivity contribution in [1.29, 1.82) is 5.26 Å². The molecule has 1 heterocycles. The lowest BCUT2D eigenvalue weighted by molar-refractivity contribution is -0.121.